The lowest BCUT2D eigenvalue weighted by atomic mass is 9.65. The van der Waals surface area contributed by atoms with Crippen LogP contribution in [0.25, 0.3) is 0 Å². The molecule has 0 spiro atoms. The Kier molecular flexibility index (Phi) is 9.34. The Hall–Kier alpha value is 0.0900. The second kappa shape index (κ2) is 10.2. The molecule has 0 nitrogen and oxygen atoms in total. The maximum atomic E-state index is 4.63. The van der Waals surface area contributed by atoms with Crippen molar-refractivity contribution in [3.05, 3.63) is 11.5 Å². The summed E-state index contributed by atoms with van der Waals surface area (Å²) in [4.78, 5) is 1.11. The van der Waals surface area contributed by atoms with E-state index < -0.39 is 0 Å². The standard InChI is InChI=1S/C22H42S/c1-8-15(4)22(18(7)23)14-20(10-3)13-21-12-19(9-2)11-16(5)17(21)6/h15-17,19-23H,7-14H2,1-6H3. The summed E-state index contributed by atoms with van der Waals surface area (Å²) >= 11 is 4.63. The van der Waals surface area contributed by atoms with Crippen LogP contribution in [0.1, 0.15) is 86.5 Å². The number of hydrogen-bond donors (Lipinski definition) is 1. The fraction of sp³-hybridized carbons (Fsp3) is 0.909. The minimum Gasteiger partial charge on any atom is -0.148 e. The Bertz CT molecular complexity index is 348. The van der Waals surface area contributed by atoms with Crippen molar-refractivity contribution in [2.24, 2.45) is 41.4 Å². The molecule has 1 fully saturated rings. The SMILES string of the molecule is C=C(S)C(CC(CC)CC1CC(CC)CC(C)C1C)C(C)CC. The molecule has 0 aromatic heterocycles. The molecule has 0 radical (unpaired) electrons. The molecular weight excluding hydrogens is 296 g/mol. The number of rotatable bonds is 9. The topological polar surface area (TPSA) is 0 Å². The summed E-state index contributed by atoms with van der Waals surface area (Å²) in [5.74, 6) is 5.84. The Balaban J connectivity index is 2.71. The van der Waals surface area contributed by atoms with Gasteiger partial charge in [-0.3, -0.25) is 0 Å². The molecule has 1 aliphatic carbocycles. The number of allylic oxidation sites excluding steroid dienone is 1. The zero-order valence-electron chi connectivity index (χ0n) is 16.6. The molecule has 0 saturated heterocycles. The van der Waals surface area contributed by atoms with Gasteiger partial charge in [0.1, 0.15) is 0 Å². The summed E-state index contributed by atoms with van der Waals surface area (Å²) in [6.45, 7) is 18.6. The largest absolute Gasteiger partial charge is 0.148 e. The third-order valence-corrected chi connectivity index (χ3v) is 7.45. The molecule has 0 aliphatic heterocycles. The van der Waals surface area contributed by atoms with Crippen LogP contribution in [-0.4, -0.2) is 0 Å². The summed E-state index contributed by atoms with van der Waals surface area (Å²) in [6, 6.07) is 0. The van der Waals surface area contributed by atoms with Crippen molar-refractivity contribution >= 4 is 12.6 Å². The van der Waals surface area contributed by atoms with Gasteiger partial charge in [-0.25, -0.2) is 0 Å². The van der Waals surface area contributed by atoms with Crippen LogP contribution < -0.4 is 0 Å². The van der Waals surface area contributed by atoms with Gasteiger partial charge in [0, 0.05) is 0 Å². The molecule has 23 heavy (non-hydrogen) atoms. The lowest BCUT2D eigenvalue weighted by Crippen LogP contribution is -2.31. The molecule has 136 valence electrons. The summed E-state index contributed by atoms with van der Waals surface area (Å²) in [7, 11) is 0. The molecule has 7 atom stereocenters. The zero-order valence-corrected chi connectivity index (χ0v) is 17.5. The monoisotopic (exact) mass is 338 g/mol. The first-order valence-electron chi connectivity index (χ1n) is 10.2. The smallest absolute Gasteiger partial charge is 0.00822 e. The lowest BCUT2D eigenvalue weighted by Gasteiger charge is -2.41. The summed E-state index contributed by atoms with van der Waals surface area (Å²) < 4.78 is 0. The maximum Gasteiger partial charge on any atom is -0.00822 e. The molecule has 7 unspecified atom stereocenters. The van der Waals surface area contributed by atoms with Crippen LogP contribution in [0.2, 0.25) is 0 Å². The summed E-state index contributed by atoms with van der Waals surface area (Å²) in [5.41, 5.74) is 0. The van der Waals surface area contributed by atoms with Crippen molar-refractivity contribution in [3.63, 3.8) is 0 Å². The zero-order chi connectivity index (χ0) is 17.6. The predicted octanol–water partition coefficient (Wildman–Crippen LogP) is 7.61. The van der Waals surface area contributed by atoms with E-state index in [1.807, 2.05) is 0 Å². The molecular formula is C22H42S. The Labute approximate surface area is 152 Å². The van der Waals surface area contributed by atoms with Gasteiger partial charge < -0.3 is 0 Å². The average molecular weight is 339 g/mol. The van der Waals surface area contributed by atoms with Crippen LogP contribution in [-0.2, 0) is 0 Å². The van der Waals surface area contributed by atoms with E-state index in [-0.39, 0.29) is 0 Å². The maximum absolute atomic E-state index is 4.63. The second-order valence-corrected chi connectivity index (χ2v) is 9.15. The quantitative estimate of drug-likeness (QED) is 0.411. The molecule has 1 rings (SSSR count). The van der Waals surface area contributed by atoms with Crippen LogP contribution in [0.5, 0.6) is 0 Å². The van der Waals surface area contributed by atoms with E-state index in [1.54, 1.807) is 0 Å². The van der Waals surface area contributed by atoms with E-state index in [0.717, 1.165) is 34.5 Å². The van der Waals surface area contributed by atoms with Crippen LogP contribution in [0, 0.1) is 41.4 Å². The van der Waals surface area contributed by atoms with Gasteiger partial charge in [-0.05, 0) is 72.0 Å². The average Bonchev–Trinajstić information content (AvgIpc) is 2.53. The summed E-state index contributed by atoms with van der Waals surface area (Å²) in [6.07, 6.45) is 9.54. The van der Waals surface area contributed by atoms with E-state index in [4.69, 9.17) is 0 Å². The molecule has 0 aromatic rings. The van der Waals surface area contributed by atoms with Gasteiger partial charge in [-0.1, -0.05) is 67.4 Å². The van der Waals surface area contributed by atoms with Gasteiger partial charge in [0.25, 0.3) is 0 Å². The van der Waals surface area contributed by atoms with Crippen molar-refractivity contribution in [3.8, 4) is 0 Å². The first kappa shape index (κ1) is 21.1. The third kappa shape index (κ3) is 6.15. The van der Waals surface area contributed by atoms with Crippen LogP contribution in [0.15, 0.2) is 11.5 Å². The van der Waals surface area contributed by atoms with Crippen molar-refractivity contribution in [2.45, 2.75) is 86.5 Å². The normalized spacial score (nSPS) is 32.3. The Morgan fingerprint density at radius 3 is 2.26 bits per heavy atom. The molecule has 0 aromatic carbocycles. The van der Waals surface area contributed by atoms with Crippen molar-refractivity contribution in [1.82, 2.24) is 0 Å². The van der Waals surface area contributed by atoms with Gasteiger partial charge >= 0.3 is 0 Å². The predicted molar refractivity (Wildman–Crippen MR) is 109 cm³/mol. The van der Waals surface area contributed by atoms with E-state index in [1.165, 1.54) is 44.9 Å². The van der Waals surface area contributed by atoms with E-state index in [9.17, 15) is 0 Å². The first-order valence-corrected chi connectivity index (χ1v) is 10.7. The fourth-order valence-electron chi connectivity index (χ4n) is 4.79. The van der Waals surface area contributed by atoms with Gasteiger partial charge in [-0.15, -0.1) is 12.6 Å². The molecule has 0 amide bonds. The van der Waals surface area contributed by atoms with Crippen LogP contribution >= 0.6 is 12.6 Å². The summed E-state index contributed by atoms with van der Waals surface area (Å²) in [5, 5.41) is 0. The molecule has 1 saturated carbocycles. The number of thiol groups is 1. The fourth-order valence-corrected chi connectivity index (χ4v) is 5.15. The number of hydrogen-bond acceptors (Lipinski definition) is 1. The highest BCUT2D eigenvalue weighted by Crippen LogP contribution is 2.44. The van der Waals surface area contributed by atoms with Gasteiger partial charge in [0.05, 0.1) is 0 Å². The third-order valence-electron chi connectivity index (χ3n) is 7.12. The van der Waals surface area contributed by atoms with E-state index in [0.29, 0.717) is 11.8 Å². The Morgan fingerprint density at radius 1 is 1.13 bits per heavy atom. The van der Waals surface area contributed by atoms with E-state index >= 15 is 0 Å². The minimum absolute atomic E-state index is 0.589. The molecule has 1 aliphatic rings. The van der Waals surface area contributed by atoms with Gasteiger partial charge in [0.2, 0.25) is 0 Å². The van der Waals surface area contributed by atoms with Crippen molar-refractivity contribution in [1.29, 1.82) is 0 Å². The highest BCUT2D eigenvalue weighted by molar-refractivity contribution is 7.84. The molecule has 0 N–H and O–H groups in total. The van der Waals surface area contributed by atoms with E-state index in [2.05, 4.69) is 60.8 Å². The van der Waals surface area contributed by atoms with Crippen LogP contribution in [0.3, 0.4) is 0 Å². The van der Waals surface area contributed by atoms with Gasteiger partial charge in [0.15, 0.2) is 0 Å². The molecule has 1 heteroatoms. The Morgan fingerprint density at radius 2 is 1.78 bits per heavy atom. The van der Waals surface area contributed by atoms with Crippen molar-refractivity contribution < 1.29 is 0 Å². The minimum atomic E-state index is 0.589. The lowest BCUT2D eigenvalue weighted by molar-refractivity contribution is 0.0995. The van der Waals surface area contributed by atoms with Gasteiger partial charge in [-0.2, -0.15) is 0 Å². The van der Waals surface area contributed by atoms with Crippen LogP contribution in [0.4, 0.5) is 0 Å². The van der Waals surface area contributed by atoms with Crippen molar-refractivity contribution in [2.75, 3.05) is 0 Å². The highest BCUT2D eigenvalue weighted by Gasteiger charge is 2.33. The molecule has 0 bridgehead atoms. The first-order chi connectivity index (χ1) is 10.8. The highest BCUT2D eigenvalue weighted by atomic mass is 32.1. The second-order valence-electron chi connectivity index (χ2n) is 8.57. The molecule has 0 heterocycles.